The van der Waals surface area contributed by atoms with E-state index < -0.39 is 0 Å². The molecule has 2 aromatic carbocycles. The number of benzene rings is 2. The highest BCUT2D eigenvalue weighted by Crippen LogP contribution is 2.46. The van der Waals surface area contributed by atoms with E-state index in [9.17, 15) is 4.79 Å². The lowest BCUT2D eigenvalue weighted by molar-refractivity contribution is -0.0621. The van der Waals surface area contributed by atoms with Crippen molar-refractivity contribution in [1.82, 2.24) is 10.2 Å². The maximum atomic E-state index is 12.6. The number of nitrogens with one attached hydrogen (secondary N) is 2. The summed E-state index contributed by atoms with van der Waals surface area (Å²) in [6.07, 6.45) is 2.72. The Balaban J connectivity index is 0.00000192. The molecular formula is C23H28ClN3O. The van der Waals surface area contributed by atoms with Crippen LogP contribution in [0.3, 0.4) is 0 Å². The third-order valence-corrected chi connectivity index (χ3v) is 6.74. The fourth-order valence-electron chi connectivity index (χ4n) is 5.68. The molecule has 0 spiro atoms. The zero-order chi connectivity index (χ0) is 18.2. The Labute approximate surface area is 173 Å². The van der Waals surface area contributed by atoms with Gasteiger partial charge in [-0.05, 0) is 48.1 Å². The van der Waals surface area contributed by atoms with Crippen molar-refractivity contribution in [2.45, 2.75) is 12.8 Å². The van der Waals surface area contributed by atoms with E-state index in [-0.39, 0.29) is 18.4 Å². The second kappa shape index (κ2) is 8.14. The van der Waals surface area contributed by atoms with Crippen LogP contribution >= 0.6 is 12.4 Å². The minimum atomic E-state index is -0.0903. The third-order valence-electron chi connectivity index (χ3n) is 6.74. The lowest BCUT2D eigenvalue weighted by Crippen LogP contribution is -2.59. The number of halogens is 1. The molecule has 5 heteroatoms. The van der Waals surface area contributed by atoms with Crippen molar-refractivity contribution in [3.05, 3.63) is 54.6 Å². The van der Waals surface area contributed by atoms with Crippen LogP contribution in [0.4, 0.5) is 10.5 Å². The first-order chi connectivity index (χ1) is 13.3. The standard InChI is InChI=1S/C23H27N3O.ClH/c27-23(24-12-21-18-10-16-11-19(21)15-26(13-16)14-18)25-22-9-5-4-8-20(22)17-6-2-1-3-7-17;/h1-9,16,18-19,21H,10-15H2,(H2,24,25,27);1H/t16?,18-,19+,21?;. The summed E-state index contributed by atoms with van der Waals surface area (Å²) in [5, 5.41) is 6.24. The fraction of sp³-hybridized carbons (Fsp3) is 0.435. The number of hydrogen-bond donors (Lipinski definition) is 2. The van der Waals surface area contributed by atoms with Crippen molar-refractivity contribution in [3.8, 4) is 11.1 Å². The molecule has 148 valence electrons. The molecule has 4 aliphatic rings. The zero-order valence-electron chi connectivity index (χ0n) is 16.0. The fourth-order valence-corrected chi connectivity index (χ4v) is 5.68. The van der Waals surface area contributed by atoms with Crippen molar-refractivity contribution < 1.29 is 4.79 Å². The Bertz CT molecular complexity index is 798. The molecule has 2 N–H and O–H groups in total. The van der Waals surface area contributed by atoms with Gasteiger partial charge in [0.2, 0.25) is 0 Å². The van der Waals surface area contributed by atoms with E-state index in [1.165, 1.54) is 32.5 Å². The van der Waals surface area contributed by atoms with Crippen molar-refractivity contribution in [1.29, 1.82) is 0 Å². The summed E-state index contributed by atoms with van der Waals surface area (Å²) in [5.41, 5.74) is 3.02. The Morgan fingerprint density at radius 1 is 0.929 bits per heavy atom. The van der Waals surface area contributed by atoms with Crippen molar-refractivity contribution >= 4 is 24.1 Å². The molecule has 2 aromatic rings. The van der Waals surface area contributed by atoms with E-state index in [2.05, 4.69) is 33.7 Å². The number of carbonyl (C=O) groups excluding carboxylic acids is 1. The molecule has 4 nitrogen and oxygen atoms in total. The van der Waals surface area contributed by atoms with Gasteiger partial charge in [-0.1, -0.05) is 48.5 Å². The molecule has 0 aromatic heterocycles. The van der Waals surface area contributed by atoms with Gasteiger partial charge in [-0.25, -0.2) is 4.79 Å². The number of para-hydroxylation sites is 1. The summed E-state index contributed by atoms with van der Waals surface area (Å²) < 4.78 is 0. The van der Waals surface area contributed by atoms with Crippen LogP contribution in [0.25, 0.3) is 11.1 Å². The summed E-state index contributed by atoms with van der Waals surface area (Å²) in [6.45, 7) is 4.58. The van der Waals surface area contributed by atoms with Gasteiger partial charge in [0, 0.05) is 31.7 Å². The van der Waals surface area contributed by atoms with Crippen LogP contribution in [0.2, 0.25) is 0 Å². The Kier molecular flexibility index (Phi) is 5.61. The molecule has 0 radical (unpaired) electrons. The number of urea groups is 1. The summed E-state index contributed by atoms with van der Waals surface area (Å²) in [7, 11) is 0. The number of nitrogens with zero attached hydrogens (tertiary/aromatic N) is 1. The van der Waals surface area contributed by atoms with Gasteiger partial charge in [0.1, 0.15) is 0 Å². The Hall–Kier alpha value is -2.04. The van der Waals surface area contributed by atoms with Crippen LogP contribution in [-0.4, -0.2) is 37.1 Å². The number of rotatable bonds is 4. The van der Waals surface area contributed by atoms with Gasteiger partial charge in [0.25, 0.3) is 0 Å². The maximum Gasteiger partial charge on any atom is 0.319 e. The second-order valence-corrected chi connectivity index (χ2v) is 8.49. The van der Waals surface area contributed by atoms with Gasteiger partial charge in [-0.2, -0.15) is 0 Å². The van der Waals surface area contributed by atoms with Crippen LogP contribution in [0, 0.1) is 23.7 Å². The highest BCUT2D eigenvalue weighted by molar-refractivity contribution is 5.94. The molecule has 3 aliphatic heterocycles. The average molecular weight is 398 g/mol. The Morgan fingerprint density at radius 3 is 2.32 bits per heavy atom. The van der Waals surface area contributed by atoms with Crippen LogP contribution in [0.5, 0.6) is 0 Å². The minimum absolute atomic E-state index is 0. The van der Waals surface area contributed by atoms with Gasteiger partial charge in [-0.3, -0.25) is 0 Å². The number of piperidine rings is 3. The molecule has 3 saturated heterocycles. The lowest BCUT2D eigenvalue weighted by atomic mass is 9.62. The van der Waals surface area contributed by atoms with Crippen molar-refractivity contribution in [2.24, 2.45) is 23.7 Å². The van der Waals surface area contributed by atoms with Crippen molar-refractivity contribution in [3.63, 3.8) is 0 Å². The molecule has 2 amide bonds. The topological polar surface area (TPSA) is 44.4 Å². The minimum Gasteiger partial charge on any atom is -0.338 e. The molecule has 5 atom stereocenters. The van der Waals surface area contributed by atoms with Crippen LogP contribution in [0.15, 0.2) is 54.6 Å². The summed E-state index contributed by atoms with van der Waals surface area (Å²) >= 11 is 0. The summed E-state index contributed by atoms with van der Waals surface area (Å²) in [4.78, 5) is 15.2. The highest BCUT2D eigenvalue weighted by Gasteiger charge is 2.47. The van der Waals surface area contributed by atoms with E-state index in [4.69, 9.17) is 0 Å². The second-order valence-electron chi connectivity index (χ2n) is 8.49. The molecule has 1 aliphatic carbocycles. The zero-order valence-corrected chi connectivity index (χ0v) is 16.8. The number of anilines is 1. The largest absolute Gasteiger partial charge is 0.338 e. The quantitative estimate of drug-likeness (QED) is 0.798. The summed E-state index contributed by atoms with van der Waals surface area (Å²) in [6, 6.07) is 18.1. The summed E-state index contributed by atoms with van der Waals surface area (Å²) in [5.74, 6) is 3.10. The SMILES string of the molecule is Cl.O=C(NCC1[C@@H]2CC3C[C@H]1CN(C3)C2)Nc1ccccc1-c1ccccc1. The first-order valence-electron chi connectivity index (χ1n) is 10.2. The molecule has 3 unspecified atom stereocenters. The first-order valence-corrected chi connectivity index (χ1v) is 10.2. The van der Waals surface area contributed by atoms with Crippen molar-refractivity contribution in [2.75, 3.05) is 31.5 Å². The average Bonchev–Trinajstić information content (AvgIpc) is 2.68. The maximum absolute atomic E-state index is 12.6. The molecule has 4 fully saturated rings. The van der Waals surface area contributed by atoms with E-state index in [0.717, 1.165) is 41.1 Å². The predicted molar refractivity (Wildman–Crippen MR) is 116 cm³/mol. The highest BCUT2D eigenvalue weighted by atomic mass is 35.5. The monoisotopic (exact) mass is 397 g/mol. The molecule has 28 heavy (non-hydrogen) atoms. The predicted octanol–water partition coefficient (Wildman–Crippen LogP) is 4.48. The normalized spacial score (nSPS) is 29.8. The molecule has 4 bridgehead atoms. The van der Waals surface area contributed by atoms with Gasteiger partial charge in [-0.15, -0.1) is 12.4 Å². The number of amides is 2. The van der Waals surface area contributed by atoms with E-state index >= 15 is 0 Å². The number of hydrogen-bond acceptors (Lipinski definition) is 2. The Morgan fingerprint density at radius 2 is 1.61 bits per heavy atom. The lowest BCUT2D eigenvalue weighted by Gasteiger charge is -2.56. The molecule has 1 saturated carbocycles. The molecule has 3 heterocycles. The van der Waals surface area contributed by atoms with Crippen LogP contribution in [-0.2, 0) is 0 Å². The van der Waals surface area contributed by atoms with Gasteiger partial charge in [0.15, 0.2) is 0 Å². The van der Waals surface area contributed by atoms with E-state index in [0.29, 0.717) is 5.92 Å². The van der Waals surface area contributed by atoms with Crippen LogP contribution in [0.1, 0.15) is 12.8 Å². The van der Waals surface area contributed by atoms with Gasteiger partial charge in [0.05, 0.1) is 5.69 Å². The first kappa shape index (κ1) is 19.3. The molecule has 6 rings (SSSR count). The molecular weight excluding hydrogens is 370 g/mol. The van der Waals surface area contributed by atoms with Gasteiger partial charge < -0.3 is 15.5 Å². The van der Waals surface area contributed by atoms with Gasteiger partial charge >= 0.3 is 6.03 Å². The smallest absolute Gasteiger partial charge is 0.319 e. The van der Waals surface area contributed by atoms with E-state index in [1.54, 1.807) is 0 Å². The van der Waals surface area contributed by atoms with E-state index in [1.807, 2.05) is 36.4 Å². The van der Waals surface area contributed by atoms with Crippen LogP contribution < -0.4 is 10.6 Å². The third kappa shape index (κ3) is 3.76. The number of carbonyl (C=O) groups is 1.